The van der Waals surface area contributed by atoms with Gasteiger partial charge < -0.3 is 20.3 Å². The molecule has 18 heavy (non-hydrogen) atoms. The first kappa shape index (κ1) is 12.1. The zero-order valence-corrected chi connectivity index (χ0v) is 10.5. The van der Waals surface area contributed by atoms with Crippen molar-refractivity contribution in [2.45, 2.75) is 0 Å². The van der Waals surface area contributed by atoms with E-state index < -0.39 is 0 Å². The van der Waals surface area contributed by atoms with Crippen LogP contribution in [0.15, 0.2) is 18.2 Å². The Morgan fingerprint density at radius 2 is 1.78 bits per heavy atom. The number of aryl methyl sites for hydroxylation is 1. The number of methoxy groups -OCH3 is 2. The van der Waals surface area contributed by atoms with Gasteiger partial charge in [0.15, 0.2) is 11.5 Å². The fourth-order valence-electron chi connectivity index (χ4n) is 1.69. The molecular weight excluding hydrogens is 234 g/mol. The minimum absolute atomic E-state index is 0.0609. The average molecular weight is 249 g/mol. The van der Waals surface area contributed by atoms with Crippen LogP contribution in [0.5, 0.6) is 17.2 Å². The van der Waals surface area contributed by atoms with E-state index in [0.29, 0.717) is 28.6 Å². The van der Waals surface area contributed by atoms with E-state index in [1.165, 1.54) is 25.0 Å². The van der Waals surface area contributed by atoms with E-state index in [2.05, 4.69) is 5.10 Å². The summed E-state index contributed by atoms with van der Waals surface area (Å²) in [6.45, 7) is 0. The zero-order chi connectivity index (χ0) is 13.3. The fraction of sp³-hybridized carbons (Fsp3) is 0.250. The Morgan fingerprint density at radius 1 is 1.17 bits per heavy atom. The molecule has 0 saturated carbocycles. The molecule has 3 N–H and O–H groups in total. The largest absolute Gasteiger partial charge is 0.507 e. The number of phenolic OH excluding ortho intramolecular Hbond substituents is 1. The summed E-state index contributed by atoms with van der Waals surface area (Å²) in [5.41, 5.74) is 6.84. The van der Waals surface area contributed by atoms with Crippen LogP contribution in [-0.4, -0.2) is 29.1 Å². The highest BCUT2D eigenvalue weighted by atomic mass is 16.5. The molecule has 0 aliphatic carbocycles. The second-order valence-corrected chi connectivity index (χ2v) is 3.80. The van der Waals surface area contributed by atoms with Gasteiger partial charge in [-0.2, -0.15) is 5.10 Å². The lowest BCUT2D eigenvalue weighted by atomic mass is 10.1. The van der Waals surface area contributed by atoms with Gasteiger partial charge in [-0.15, -0.1) is 0 Å². The molecule has 0 bridgehead atoms. The van der Waals surface area contributed by atoms with Gasteiger partial charge in [0, 0.05) is 24.7 Å². The number of nitrogen functional groups attached to an aromatic ring is 1. The number of nitrogens with two attached hydrogens (primary N) is 1. The van der Waals surface area contributed by atoms with Crippen molar-refractivity contribution in [2.24, 2.45) is 7.05 Å². The molecule has 6 nitrogen and oxygen atoms in total. The number of hydrogen-bond donors (Lipinski definition) is 2. The molecule has 0 unspecified atom stereocenters. The summed E-state index contributed by atoms with van der Waals surface area (Å²) in [6.07, 6.45) is 0. The predicted molar refractivity (Wildman–Crippen MR) is 67.8 cm³/mol. The molecule has 0 aliphatic heterocycles. The smallest absolute Gasteiger partial charge is 0.164 e. The Morgan fingerprint density at radius 3 is 2.28 bits per heavy atom. The van der Waals surface area contributed by atoms with E-state index in [9.17, 15) is 5.11 Å². The van der Waals surface area contributed by atoms with Gasteiger partial charge in [0.05, 0.1) is 19.9 Å². The SMILES string of the molecule is COc1cc(O)c(-c2cc(N)n(C)n2)cc1OC. The quantitative estimate of drug-likeness (QED) is 0.859. The number of hydrogen-bond acceptors (Lipinski definition) is 5. The van der Waals surface area contributed by atoms with Crippen LogP contribution in [0, 0.1) is 0 Å². The topological polar surface area (TPSA) is 82.5 Å². The molecule has 0 fully saturated rings. The first-order valence-corrected chi connectivity index (χ1v) is 5.31. The van der Waals surface area contributed by atoms with Gasteiger partial charge in [-0.25, -0.2) is 0 Å². The molecule has 2 rings (SSSR count). The molecule has 0 saturated heterocycles. The molecule has 0 radical (unpaired) electrons. The minimum atomic E-state index is 0.0609. The number of aromatic hydroxyl groups is 1. The van der Waals surface area contributed by atoms with Crippen molar-refractivity contribution in [2.75, 3.05) is 20.0 Å². The van der Waals surface area contributed by atoms with Gasteiger partial charge >= 0.3 is 0 Å². The van der Waals surface area contributed by atoms with Gasteiger partial charge in [-0.05, 0) is 6.07 Å². The highest BCUT2D eigenvalue weighted by Crippen LogP contribution is 2.39. The van der Waals surface area contributed by atoms with Crippen molar-refractivity contribution in [3.05, 3.63) is 18.2 Å². The molecule has 0 aliphatic rings. The second kappa shape index (κ2) is 4.48. The lowest BCUT2D eigenvalue weighted by Gasteiger charge is -2.10. The normalized spacial score (nSPS) is 10.4. The maximum absolute atomic E-state index is 9.97. The lowest BCUT2D eigenvalue weighted by molar-refractivity contribution is 0.352. The molecule has 0 amide bonds. The van der Waals surface area contributed by atoms with Crippen LogP contribution >= 0.6 is 0 Å². The van der Waals surface area contributed by atoms with Gasteiger partial charge in [0.25, 0.3) is 0 Å². The van der Waals surface area contributed by atoms with Crippen LogP contribution in [0.1, 0.15) is 0 Å². The lowest BCUT2D eigenvalue weighted by Crippen LogP contribution is -1.96. The minimum Gasteiger partial charge on any atom is -0.507 e. The van der Waals surface area contributed by atoms with Crippen molar-refractivity contribution in [1.29, 1.82) is 0 Å². The van der Waals surface area contributed by atoms with Crippen molar-refractivity contribution >= 4 is 5.82 Å². The third-order valence-corrected chi connectivity index (χ3v) is 2.69. The maximum atomic E-state index is 9.97. The van der Waals surface area contributed by atoms with Crippen molar-refractivity contribution in [3.63, 3.8) is 0 Å². The van der Waals surface area contributed by atoms with E-state index in [1.54, 1.807) is 19.2 Å². The van der Waals surface area contributed by atoms with E-state index in [0.717, 1.165) is 0 Å². The summed E-state index contributed by atoms with van der Waals surface area (Å²) < 4.78 is 11.8. The molecule has 0 atom stereocenters. The first-order valence-electron chi connectivity index (χ1n) is 5.31. The van der Waals surface area contributed by atoms with E-state index >= 15 is 0 Å². The second-order valence-electron chi connectivity index (χ2n) is 3.80. The van der Waals surface area contributed by atoms with E-state index in [4.69, 9.17) is 15.2 Å². The molecule has 6 heteroatoms. The number of benzene rings is 1. The summed E-state index contributed by atoms with van der Waals surface area (Å²) >= 11 is 0. The Kier molecular flexibility index (Phi) is 3.01. The summed E-state index contributed by atoms with van der Waals surface area (Å²) in [6, 6.07) is 4.83. The van der Waals surface area contributed by atoms with Crippen LogP contribution in [0.3, 0.4) is 0 Å². The van der Waals surface area contributed by atoms with Crippen LogP contribution in [-0.2, 0) is 7.05 Å². The van der Waals surface area contributed by atoms with Crippen molar-refractivity contribution in [3.8, 4) is 28.5 Å². The predicted octanol–water partition coefficient (Wildman–Crippen LogP) is 1.39. The molecule has 1 aromatic carbocycles. The molecule has 2 aromatic rings. The Balaban J connectivity index is 2.57. The van der Waals surface area contributed by atoms with Crippen LogP contribution in [0.4, 0.5) is 5.82 Å². The number of phenols is 1. The molecular formula is C12H15N3O3. The molecule has 1 heterocycles. The number of ether oxygens (including phenoxy) is 2. The third kappa shape index (κ3) is 1.92. The summed E-state index contributed by atoms with van der Waals surface area (Å²) in [5.74, 6) is 1.56. The monoisotopic (exact) mass is 249 g/mol. The highest BCUT2D eigenvalue weighted by molar-refractivity contribution is 5.72. The Hall–Kier alpha value is -2.37. The van der Waals surface area contributed by atoms with Gasteiger partial charge in [-0.3, -0.25) is 4.68 Å². The van der Waals surface area contributed by atoms with Gasteiger partial charge in [0.1, 0.15) is 11.6 Å². The van der Waals surface area contributed by atoms with E-state index in [-0.39, 0.29) is 5.75 Å². The first-order chi connectivity index (χ1) is 8.56. The number of anilines is 1. The zero-order valence-electron chi connectivity index (χ0n) is 10.5. The maximum Gasteiger partial charge on any atom is 0.164 e. The molecule has 96 valence electrons. The third-order valence-electron chi connectivity index (χ3n) is 2.69. The number of rotatable bonds is 3. The van der Waals surface area contributed by atoms with Crippen LogP contribution in [0.2, 0.25) is 0 Å². The number of nitrogens with zero attached hydrogens (tertiary/aromatic N) is 2. The highest BCUT2D eigenvalue weighted by Gasteiger charge is 2.14. The van der Waals surface area contributed by atoms with Gasteiger partial charge in [0.2, 0.25) is 0 Å². The Bertz CT molecular complexity index is 559. The summed E-state index contributed by atoms with van der Waals surface area (Å²) in [5, 5.41) is 14.2. The Labute approximate surface area is 105 Å². The summed E-state index contributed by atoms with van der Waals surface area (Å²) in [7, 11) is 4.78. The fourth-order valence-corrected chi connectivity index (χ4v) is 1.69. The van der Waals surface area contributed by atoms with Crippen LogP contribution in [0.25, 0.3) is 11.3 Å². The standard InChI is InChI=1S/C12H15N3O3/c1-15-12(13)5-8(14-15)7-4-10(17-2)11(18-3)6-9(7)16/h4-6,16H,13H2,1-3H3. The van der Waals surface area contributed by atoms with E-state index in [1.807, 2.05) is 0 Å². The molecule has 1 aromatic heterocycles. The molecule has 0 spiro atoms. The van der Waals surface area contributed by atoms with Crippen molar-refractivity contribution < 1.29 is 14.6 Å². The number of aromatic nitrogens is 2. The van der Waals surface area contributed by atoms with Crippen LogP contribution < -0.4 is 15.2 Å². The summed E-state index contributed by atoms with van der Waals surface area (Å²) in [4.78, 5) is 0. The van der Waals surface area contributed by atoms with Gasteiger partial charge in [-0.1, -0.05) is 0 Å². The average Bonchev–Trinajstić information content (AvgIpc) is 2.69. The van der Waals surface area contributed by atoms with Crippen molar-refractivity contribution in [1.82, 2.24) is 9.78 Å².